The van der Waals surface area contributed by atoms with Gasteiger partial charge in [-0.25, -0.2) is 4.39 Å². The van der Waals surface area contributed by atoms with Gasteiger partial charge >= 0.3 is 0 Å². The summed E-state index contributed by atoms with van der Waals surface area (Å²) in [7, 11) is 0. The Morgan fingerprint density at radius 1 is 0.966 bits per heavy atom. The van der Waals surface area contributed by atoms with Crippen LogP contribution in [0.4, 0.5) is 4.39 Å². The molecule has 1 heterocycles. The third kappa shape index (κ3) is 4.48. The number of amides is 1. The Morgan fingerprint density at radius 2 is 1.69 bits per heavy atom. The quantitative estimate of drug-likeness (QED) is 0.695. The first kappa shape index (κ1) is 18.8. The largest absolute Gasteiger partial charge is 0.482 e. The zero-order valence-electron chi connectivity index (χ0n) is 15.8. The van der Waals surface area contributed by atoms with E-state index in [9.17, 15) is 9.18 Å². The Labute approximate surface area is 168 Å². The minimum Gasteiger partial charge on any atom is -0.482 e. The van der Waals surface area contributed by atoms with E-state index in [1.54, 1.807) is 31.2 Å². The highest BCUT2D eigenvalue weighted by Gasteiger charge is 2.33. The molecule has 2 atom stereocenters. The van der Waals surface area contributed by atoms with Crippen LogP contribution in [0.5, 0.6) is 23.0 Å². The van der Waals surface area contributed by atoms with E-state index in [1.807, 2.05) is 36.4 Å². The van der Waals surface area contributed by atoms with Gasteiger partial charge in [-0.15, -0.1) is 0 Å². The van der Waals surface area contributed by atoms with Crippen molar-refractivity contribution in [1.29, 1.82) is 0 Å². The summed E-state index contributed by atoms with van der Waals surface area (Å²) < 4.78 is 30.3. The number of para-hydroxylation sites is 2. The molecule has 0 saturated carbocycles. The molecule has 1 N–H and O–H groups in total. The van der Waals surface area contributed by atoms with Crippen LogP contribution in [0, 0.1) is 5.82 Å². The van der Waals surface area contributed by atoms with Gasteiger partial charge in [-0.05, 0) is 61.0 Å². The Balaban J connectivity index is 1.37. The van der Waals surface area contributed by atoms with E-state index >= 15 is 0 Å². The van der Waals surface area contributed by atoms with E-state index in [1.165, 1.54) is 12.1 Å². The molecule has 4 rings (SSSR count). The summed E-state index contributed by atoms with van der Waals surface area (Å²) in [6.07, 6.45) is -1.14. The molecule has 148 valence electrons. The fourth-order valence-electron chi connectivity index (χ4n) is 3.05. The van der Waals surface area contributed by atoms with Crippen molar-refractivity contribution in [2.75, 3.05) is 0 Å². The van der Waals surface area contributed by atoms with Gasteiger partial charge in [0.15, 0.2) is 11.5 Å². The average Bonchev–Trinajstić information content (AvgIpc) is 2.73. The van der Waals surface area contributed by atoms with Crippen LogP contribution in [0.1, 0.15) is 12.5 Å². The first-order valence-corrected chi connectivity index (χ1v) is 9.31. The Bertz CT molecular complexity index is 1010. The predicted octanol–water partition coefficient (Wildman–Crippen LogP) is 4.46. The fraction of sp³-hybridized carbons (Fsp3) is 0.174. The highest BCUT2D eigenvalue weighted by atomic mass is 19.1. The topological polar surface area (TPSA) is 56.8 Å². The number of hydrogen-bond donors (Lipinski definition) is 1. The zero-order chi connectivity index (χ0) is 20.2. The van der Waals surface area contributed by atoms with Crippen molar-refractivity contribution in [3.63, 3.8) is 0 Å². The van der Waals surface area contributed by atoms with Crippen LogP contribution in [0.2, 0.25) is 0 Å². The van der Waals surface area contributed by atoms with Gasteiger partial charge in [-0.1, -0.05) is 24.3 Å². The van der Waals surface area contributed by atoms with Crippen LogP contribution in [0.25, 0.3) is 0 Å². The average molecular weight is 393 g/mol. The lowest BCUT2D eigenvalue weighted by molar-refractivity contribution is -0.133. The maximum Gasteiger partial charge on any atom is 0.265 e. The highest BCUT2D eigenvalue weighted by molar-refractivity contribution is 5.82. The maximum absolute atomic E-state index is 13.0. The molecule has 5 nitrogen and oxygen atoms in total. The van der Waals surface area contributed by atoms with Gasteiger partial charge in [0.05, 0.1) is 0 Å². The number of fused-ring (bicyclic) bond motifs is 1. The molecule has 1 amide bonds. The van der Waals surface area contributed by atoms with Crippen molar-refractivity contribution in [1.82, 2.24) is 5.32 Å². The van der Waals surface area contributed by atoms with Crippen molar-refractivity contribution >= 4 is 5.91 Å². The van der Waals surface area contributed by atoms with Crippen molar-refractivity contribution in [3.8, 4) is 23.0 Å². The lowest BCUT2D eigenvalue weighted by atomic mass is 10.1. The van der Waals surface area contributed by atoms with E-state index in [2.05, 4.69) is 5.32 Å². The summed E-state index contributed by atoms with van der Waals surface area (Å²) in [5.41, 5.74) is 0.864. The van der Waals surface area contributed by atoms with Crippen LogP contribution in [0.3, 0.4) is 0 Å². The summed E-state index contributed by atoms with van der Waals surface area (Å²) in [5.74, 6) is 1.75. The lowest BCUT2D eigenvalue weighted by Gasteiger charge is -2.31. The smallest absolute Gasteiger partial charge is 0.265 e. The SMILES string of the molecule is CC1Oc2ccccc2OC1C(=O)NCc1cccc(Oc2ccc(F)cc2)c1. The van der Waals surface area contributed by atoms with E-state index in [-0.39, 0.29) is 11.7 Å². The zero-order valence-corrected chi connectivity index (χ0v) is 15.8. The third-order valence-electron chi connectivity index (χ3n) is 4.52. The molecule has 0 aromatic heterocycles. The molecule has 3 aromatic rings. The van der Waals surface area contributed by atoms with E-state index in [0.29, 0.717) is 29.5 Å². The molecule has 0 radical (unpaired) electrons. The number of carbonyl (C=O) groups excluding carboxylic acids is 1. The normalized spacial score (nSPS) is 17.4. The summed E-state index contributed by atoms with van der Waals surface area (Å²) in [4.78, 5) is 12.6. The second-order valence-corrected chi connectivity index (χ2v) is 6.73. The van der Waals surface area contributed by atoms with Crippen LogP contribution in [-0.2, 0) is 11.3 Å². The highest BCUT2D eigenvalue weighted by Crippen LogP contribution is 2.33. The van der Waals surface area contributed by atoms with Crippen LogP contribution in [-0.4, -0.2) is 18.1 Å². The van der Waals surface area contributed by atoms with Gasteiger partial charge in [0, 0.05) is 6.54 Å². The molecule has 29 heavy (non-hydrogen) atoms. The first-order valence-electron chi connectivity index (χ1n) is 9.31. The summed E-state index contributed by atoms with van der Waals surface area (Å²) in [6, 6.07) is 20.4. The molecule has 3 aromatic carbocycles. The third-order valence-corrected chi connectivity index (χ3v) is 4.52. The number of nitrogens with one attached hydrogen (secondary N) is 1. The van der Waals surface area contributed by atoms with E-state index < -0.39 is 12.2 Å². The molecule has 2 unspecified atom stereocenters. The van der Waals surface area contributed by atoms with Gasteiger partial charge in [0.25, 0.3) is 5.91 Å². The number of hydrogen-bond acceptors (Lipinski definition) is 4. The molecular weight excluding hydrogens is 373 g/mol. The molecule has 0 fully saturated rings. The minimum absolute atomic E-state index is 0.253. The van der Waals surface area contributed by atoms with Gasteiger partial charge < -0.3 is 19.5 Å². The van der Waals surface area contributed by atoms with Crippen LogP contribution < -0.4 is 19.5 Å². The fourth-order valence-corrected chi connectivity index (χ4v) is 3.05. The lowest BCUT2D eigenvalue weighted by Crippen LogP contribution is -2.48. The van der Waals surface area contributed by atoms with Gasteiger partial charge in [-0.3, -0.25) is 4.79 Å². The maximum atomic E-state index is 13.0. The number of benzene rings is 3. The molecular formula is C23H20FNO4. The number of carbonyl (C=O) groups is 1. The molecule has 0 aliphatic carbocycles. The minimum atomic E-state index is -0.733. The van der Waals surface area contributed by atoms with E-state index in [4.69, 9.17) is 14.2 Å². The Hall–Kier alpha value is -3.54. The van der Waals surface area contributed by atoms with Crippen LogP contribution in [0.15, 0.2) is 72.8 Å². The summed E-state index contributed by atoms with van der Waals surface area (Å²) >= 11 is 0. The van der Waals surface area contributed by atoms with E-state index in [0.717, 1.165) is 5.56 Å². The second-order valence-electron chi connectivity index (χ2n) is 6.73. The molecule has 0 saturated heterocycles. The summed E-state index contributed by atoms with van der Waals surface area (Å²) in [6.45, 7) is 2.12. The standard InChI is InChI=1S/C23H20FNO4/c1-15-22(29-21-8-3-2-7-20(21)27-15)23(26)25-14-16-5-4-6-19(13-16)28-18-11-9-17(24)10-12-18/h2-13,15,22H,14H2,1H3,(H,25,26). The molecule has 6 heteroatoms. The van der Waals surface area contributed by atoms with Crippen LogP contribution >= 0.6 is 0 Å². The molecule has 1 aliphatic rings. The van der Waals surface area contributed by atoms with Crippen molar-refractivity contribution in [2.45, 2.75) is 25.7 Å². The monoisotopic (exact) mass is 393 g/mol. The summed E-state index contributed by atoms with van der Waals surface area (Å²) in [5, 5.41) is 2.88. The van der Waals surface area contributed by atoms with Crippen molar-refractivity contribution < 1.29 is 23.4 Å². The van der Waals surface area contributed by atoms with Crippen molar-refractivity contribution in [2.24, 2.45) is 0 Å². The van der Waals surface area contributed by atoms with Gasteiger partial charge in [0.2, 0.25) is 6.10 Å². The first-order chi connectivity index (χ1) is 14.1. The number of halogens is 1. The molecule has 0 spiro atoms. The Kier molecular flexibility index (Phi) is 5.33. The predicted molar refractivity (Wildman–Crippen MR) is 106 cm³/mol. The van der Waals surface area contributed by atoms with Gasteiger partial charge in [0.1, 0.15) is 23.4 Å². The van der Waals surface area contributed by atoms with Crippen molar-refractivity contribution in [3.05, 3.63) is 84.2 Å². The molecule has 1 aliphatic heterocycles. The number of ether oxygens (including phenoxy) is 3. The molecule has 0 bridgehead atoms. The number of rotatable bonds is 5. The van der Waals surface area contributed by atoms with Gasteiger partial charge in [-0.2, -0.15) is 0 Å². The Morgan fingerprint density at radius 3 is 2.45 bits per heavy atom. The second kappa shape index (κ2) is 8.22.